The molecule has 0 spiro atoms. The number of nitrogens with two attached hydrogens (primary N) is 1. The van der Waals surface area contributed by atoms with Crippen LogP contribution >= 0.6 is 22.6 Å². The second-order valence-electron chi connectivity index (χ2n) is 4.93. The van der Waals surface area contributed by atoms with E-state index >= 15 is 0 Å². The first kappa shape index (κ1) is 13.0. The predicted molar refractivity (Wildman–Crippen MR) is 82.3 cm³/mol. The van der Waals surface area contributed by atoms with E-state index in [1.165, 1.54) is 16.4 Å². The van der Waals surface area contributed by atoms with Crippen LogP contribution in [0.5, 0.6) is 0 Å². The van der Waals surface area contributed by atoms with Crippen molar-refractivity contribution in [2.45, 2.75) is 31.8 Å². The number of benzene rings is 1. The number of hydrogen-bond acceptors (Lipinski definition) is 3. The van der Waals surface area contributed by atoms with E-state index < -0.39 is 0 Å². The highest BCUT2D eigenvalue weighted by molar-refractivity contribution is 14.1. The highest BCUT2D eigenvalue weighted by Gasteiger charge is 2.22. The number of likely N-dealkylation sites (tertiary alicyclic amines) is 1. The van der Waals surface area contributed by atoms with Crippen LogP contribution in [0.2, 0.25) is 0 Å². The summed E-state index contributed by atoms with van der Waals surface area (Å²) >= 11 is 2.28. The average molecular weight is 345 g/mol. The van der Waals surface area contributed by atoms with Gasteiger partial charge in [-0.25, -0.2) is 0 Å². The monoisotopic (exact) mass is 345 g/mol. The van der Waals surface area contributed by atoms with Crippen molar-refractivity contribution in [2.24, 2.45) is 0 Å². The van der Waals surface area contributed by atoms with Crippen LogP contribution in [0.25, 0.3) is 0 Å². The van der Waals surface area contributed by atoms with Gasteiger partial charge in [-0.05, 0) is 67.6 Å². The molecule has 1 aliphatic rings. The van der Waals surface area contributed by atoms with Crippen LogP contribution < -0.4 is 11.1 Å². The van der Waals surface area contributed by atoms with Crippen molar-refractivity contribution < 1.29 is 0 Å². The summed E-state index contributed by atoms with van der Waals surface area (Å²) in [6.45, 7) is 3.44. The van der Waals surface area contributed by atoms with E-state index in [-0.39, 0.29) is 0 Å². The Kier molecular flexibility index (Phi) is 4.14. The average Bonchev–Trinajstić information content (AvgIpc) is 2.27. The molecule has 1 saturated heterocycles. The highest BCUT2D eigenvalue weighted by atomic mass is 127. The summed E-state index contributed by atoms with van der Waals surface area (Å²) in [6, 6.07) is 7.38. The van der Waals surface area contributed by atoms with Crippen LogP contribution in [0.3, 0.4) is 0 Å². The molecule has 2 atom stereocenters. The molecule has 1 aromatic rings. The van der Waals surface area contributed by atoms with E-state index in [2.05, 4.69) is 58.9 Å². The van der Waals surface area contributed by atoms with Crippen molar-refractivity contribution in [3.05, 3.63) is 21.8 Å². The molecule has 3 nitrogen and oxygen atoms in total. The van der Waals surface area contributed by atoms with Crippen LogP contribution in [-0.2, 0) is 0 Å². The lowest BCUT2D eigenvalue weighted by atomic mass is 9.98. The van der Waals surface area contributed by atoms with E-state index in [1.54, 1.807) is 0 Å². The molecule has 2 unspecified atom stereocenters. The lowest BCUT2D eigenvalue weighted by Crippen LogP contribution is -2.42. The number of rotatable bonds is 2. The van der Waals surface area contributed by atoms with Crippen LogP contribution in [0.4, 0.5) is 11.4 Å². The number of nitrogens with one attached hydrogen (secondary N) is 1. The first-order chi connectivity index (χ1) is 8.06. The lowest BCUT2D eigenvalue weighted by molar-refractivity contribution is 0.190. The molecule has 1 fully saturated rings. The van der Waals surface area contributed by atoms with E-state index in [0.29, 0.717) is 12.1 Å². The Morgan fingerprint density at radius 2 is 2.24 bits per heavy atom. The van der Waals surface area contributed by atoms with Gasteiger partial charge in [0.05, 0.1) is 11.4 Å². The van der Waals surface area contributed by atoms with Crippen LogP contribution in [0.1, 0.15) is 19.8 Å². The molecule has 4 heteroatoms. The molecule has 94 valence electrons. The molecule has 1 heterocycles. The molecule has 0 bridgehead atoms. The molecular formula is C13H20IN3. The minimum Gasteiger partial charge on any atom is -0.397 e. The third-order valence-electron chi connectivity index (χ3n) is 3.58. The standard InChI is InChI=1S/C13H20IN3/c1-9-7-11(5-6-17(9)2)16-13-4-3-10(14)8-12(13)15/h3-4,8-9,11,16H,5-7,15H2,1-2H3. The normalized spacial score (nSPS) is 25.8. The van der Waals surface area contributed by atoms with Crippen LogP contribution in [0, 0.1) is 3.57 Å². The summed E-state index contributed by atoms with van der Waals surface area (Å²) in [5.74, 6) is 0. The Morgan fingerprint density at radius 3 is 2.88 bits per heavy atom. The van der Waals surface area contributed by atoms with Crippen molar-refractivity contribution >= 4 is 34.0 Å². The van der Waals surface area contributed by atoms with Crippen LogP contribution in [-0.4, -0.2) is 30.6 Å². The van der Waals surface area contributed by atoms with Gasteiger partial charge in [0.15, 0.2) is 0 Å². The number of anilines is 2. The molecule has 2 rings (SSSR count). The Labute approximate surface area is 117 Å². The summed E-state index contributed by atoms with van der Waals surface area (Å²) in [6.07, 6.45) is 2.37. The fraction of sp³-hybridized carbons (Fsp3) is 0.538. The predicted octanol–water partition coefficient (Wildman–Crippen LogP) is 2.77. The van der Waals surface area contributed by atoms with Crippen molar-refractivity contribution in [1.29, 1.82) is 0 Å². The summed E-state index contributed by atoms with van der Waals surface area (Å²) in [7, 11) is 2.19. The van der Waals surface area contributed by atoms with Gasteiger partial charge in [0, 0.05) is 22.2 Å². The molecule has 3 N–H and O–H groups in total. The van der Waals surface area contributed by atoms with Gasteiger partial charge in [0.25, 0.3) is 0 Å². The fourth-order valence-electron chi connectivity index (χ4n) is 2.31. The quantitative estimate of drug-likeness (QED) is 0.640. The Hall–Kier alpha value is -0.490. The van der Waals surface area contributed by atoms with Crippen LogP contribution in [0.15, 0.2) is 18.2 Å². The zero-order chi connectivity index (χ0) is 12.4. The maximum absolute atomic E-state index is 6.02. The number of nitrogens with zero attached hydrogens (tertiary/aromatic N) is 1. The smallest absolute Gasteiger partial charge is 0.0576 e. The molecule has 0 amide bonds. The van der Waals surface area contributed by atoms with Gasteiger partial charge in [-0.3, -0.25) is 0 Å². The fourth-order valence-corrected chi connectivity index (χ4v) is 2.82. The first-order valence-electron chi connectivity index (χ1n) is 6.08. The molecular weight excluding hydrogens is 325 g/mol. The molecule has 17 heavy (non-hydrogen) atoms. The Morgan fingerprint density at radius 1 is 1.47 bits per heavy atom. The summed E-state index contributed by atoms with van der Waals surface area (Å²) in [4.78, 5) is 2.41. The van der Waals surface area contributed by atoms with Crippen molar-refractivity contribution in [2.75, 3.05) is 24.6 Å². The molecule has 0 saturated carbocycles. The van der Waals surface area contributed by atoms with Gasteiger partial charge in [-0.15, -0.1) is 0 Å². The maximum atomic E-state index is 6.02. The minimum absolute atomic E-state index is 0.545. The van der Waals surface area contributed by atoms with E-state index in [0.717, 1.165) is 17.9 Å². The molecule has 0 aliphatic carbocycles. The second kappa shape index (κ2) is 5.44. The number of hydrogen-bond donors (Lipinski definition) is 2. The Balaban J connectivity index is 2.01. The van der Waals surface area contributed by atoms with Gasteiger partial charge in [0.2, 0.25) is 0 Å². The topological polar surface area (TPSA) is 41.3 Å². The maximum Gasteiger partial charge on any atom is 0.0576 e. The third kappa shape index (κ3) is 3.25. The molecule has 0 radical (unpaired) electrons. The number of halogens is 1. The number of nitrogen functional groups attached to an aromatic ring is 1. The van der Waals surface area contributed by atoms with Gasteiger partial charge < -0.3 is 16.0 Å². The van der Waals surface area contributed by atoms with Gasteiger partial charge >= 0.3 is 0 Å². The van der Waals surface area contributed by atoms with Gasteiger partial charge in [0.1, 0.15) is 0 Å². The molecule has 1 aliphatic heterocycles. The van der Waals surface area contributed by atoms with Gasteiger partial charge in [-0.1, -0.05) is 0 Å². The van der Waals surface area contributed by atoms with E-state index in [1.807, 2.05) is 6.07 Å². The summed E-state index contributed by atoms with van der Waals surface area (Å²) in [5.41, 5.74) is 7.95. The SMILES string of the molecule is CC1CC(Nc2ccc(I)cc2N)CCN1C. The zero-order valence-corrected chi connectivity index (χ0v) is 12.6. The minimum atomic E-state index is 0.545. The lowest BCUT2D eigenvalue weighted by Gasteiger charge is -2.36. The number of piperidine rings is 1. The molecule has 1 aromatic carbocycles. The van der Waals surface area contributed by atoms with E-state index in [4.69, 9.17) is 5.73 Å². The Bertz CT molecular complexity index is 394. The van der Waals surface area contributed by atoms with Gasteiger partial charge in [-0.2, -0.15) is 0 Å². The molecule has 0 aromatic heterocycles. The largest absolute Gasteiger partial charge is 0.397 e. The third-order valence-corrected chi connectivity index (χ3v) is 4.25. The highest BCUT2D eigenvalue weighted by Crippen LogP contribution is 2.25. The van der Waals surface area contributed by atoms with E-state index in [9.17, 15) is 0 Å². The van der Waals surface area contributed by atoms with Crippen molar-refractivity contribution in [3.8, 4) is 0 Å². The summed E-state index contributed by atoms with van der Waals surface area (Å²) in [5, 5.41) is 3.57. The van der Waals surface area contributed by atoms with Crippen molar-refractivity contribution in [3.63, 3.8) is 0 Å². The first-order valence-corrected chi connectivity index (χ1v) is 7.16. The van der Waals surface area contributed by atoms with Crippen molar-refractivity contribution in [1.82, 2.24) is 4.90 Å². The summed E-state index contributed by atoms with van der Waals surface area (Å²) < 4.78 is 1.18. The second-order valence-corrected chi connectivity index (χ2v) is 6.17. The zero-order valence-electron chi connectivity index (χ0n) is 10.4.